The number of hydrogen-bond acceptors (Lipinski definition) is 6. The van der Waals surface area contributed by atoms with Crippen molar-refractivity contribution in [3.63, 3.8) is 0 Å². The van der Waals surface area contributed by atoms with Crippen molar-refractivity contribution < 1.29 is 17.9 Å². The highest BCUT2D eigenvalue weighted by molar-refractivity contribution is 8.15. The van der Waals surface area contributed by atoms with Gasteiger partial charge in [0, 0.05) is 29.1 Å². The van der Waals surface area contributed by atoms with Gasteiger partial charge < -0.3 is 14.4 Å². The first-order valence-corrected chi connectivity index (χ1v) is 14.2. The number of pyridine rings is 1. The first kappa shape index (κ1) is 26.6. The standard InChI is InChI=1S/C28H32F3N5OS/c1-36(2)22-16-20(19-5-4-6-21(15-19)28(29,30)31)9-10-23(22)37-26-12-11-24(27(34-26)18-7-8-18)38(3)35-25-13-14-32-17-33-25/h4-6,11-15,17-18,20,22-23H,3,7-10,16H2,1-2H3,(H,32,33,35)/t20-,22-,23-,38?/m0/s1. The fourth-order valence-corrected chi connectivity index (χ4v) is 6.31. The second kappa shape index (κ2) is 11.0. The van der Waals surface area contributed by atoms with Crippen LogP contribution in [0.25, 0.3) is 0 Å². The summed E-state index contributed by atoms with van der Waals surface area (Å²) in [6.07, 6.45) is 3.15. The predicted molar refractivity (Wildman–Crippen MR) is 145 cm³/mol. The van der Waals surface area contributed by atoms with Crippen LogP contribution in [0.3, 0.4) is 0 Å². The van der Waals surface area contributed by atoms with Crippen molar-refractivity contribution >= 4 is 22.4 Å². The number of nitrogens with zero attached hydrogens (tertiary/aromatic N) is 4. The molecule has 2 fully saturated rings. The maximum absolute atomic E-state index is 13.3. The van der Waals surface area contributed by atoms with E-state index in [0.29, 0.717) is 17.6 Å². The van der Waals surface area contributed by atoms with Gasteiger partial charge in [0.25, 0.3) is 0 Å². The van der Waals surface area contributed by atoms with E-state index in [9.17, 15) is 13.2 Å². The average molecular weight is 544 g/mol. The number of ether oxygens (including phenoxy) is 1. The van der Waals surface area contributed by atoms with Crippen LogP contribution in [-0.2, 0) is 6.18 Å². The molecular weight excluding hydrogens is 511 g/mol. The van der Waals surface area contributed by atoms with Crippen molar-refractivity contribution in [3.05, 3.63) is 71.8 Å². The summed E-state index contributed by atoms with van der Waals surface area (Å²) in [6.45, 7) is 0. The van der Waals surface area contributed by atoms with Crippen molar-refractivity contribution in [3.8, 4) is 5.88 Å². The minimum absolute atomic E-state index is 0.0444. The molecule has 1 N–H and O–H groups in total. The van der Waals surface area contributed by atoms with E-state index in [2.05, 4.69) is 25.5 Å². The van der Waals surface area contributed by atoms with E-state index >= 15 is 0 Å². The second-order valence-corrected chi connectivity index (χ2v) is 11.6. The van der Waals surface area contributed by atoms with Gasteiger partial charge in [0.05, 0.1) is 11.3 Å². The summed E-state index contributed by atoms with van der Waals surface area (Å²) in [7, 11) is 3.45. The molecule has 202 valence electrons. The lowest BCUT2D eigenvalue weighted by Crippen LogP contribution is -2.46. The van der Waals surface area contributed by atoms with Crippen LogP contribution in [-0.4, -0.2) is 52.0 Å². The Kier molecular flexibility index (Phi) is 7.72. The SMILES string of the molecule is C=S(Nc1ccncn1)c1ccc(O[C@H]2CC[C@H](c3cccc(C(F)(F)F)c3)C[C@@H]2N(C)C)nc1C1CC1. The van der Waals surface area contributed by atoms with Crippen LogP contribution >= 0.6 is 10.7 Å². The number of anilines is 1. The molecule has 2 saturated carbocycles. The summed E-state index contributed by atoms with van der Waals surface area (Å²) in [5, 5.41) is 0. The molecule has 0 bridgehead atoms. The van der Waals surface area contributed by atoms with Crippen molar-refractivity contribution in [1.82, 2.24) is 19.9 Å². The van der Waals surface area contributed by atoms with Crippen molar-refractivity contribution in [2.45, 2.75) is 67.2 Å². The van der Waals surface area contributed by atoms with E-state index in [1.807, 2.05) is 38.4 Å². The van der Waals surface area contributed by atoms with Crippen LogP contribution < -0.4 is 9.46 Å². The average Bonchev–Trinajstić information content (AvgIpc) is 3.74. The molecule has 4 atom stereocenters. The molecule has 1 unspecified atom stereocenters. The van der Waals surface area contributed by atoms with E-state index in [0.717, 1.165) is 54.3 Å². The molecule has 2 aromatic heterocycles. The topological polar surface area (TPSA) is 63.2 Å². The van der Waals surface area contributed by atoms with Gasteiger partial charge in [-0.3, -0.25) is 0 Å². The number of aromatic nitrogens is 3. The molecule has 0 amide bonds. The summed E-state index contributed by atoms with van der Waals surface area (Å²) < 4.78 is 49.6. The summed E-state index contributed by atoms with van der Waals surface area (Å²) in [6, 6.07) is 11.5. The molecule has 2 aliphatic carbocycles. The Morgan fingerprint density at radius 1 is 1.05 bits per heavy atom. The van der Waals surface area contributed by atoms with Gasteiger partial charge in [0.15, 0.2) is 0 Å². The van der Waals surface area contributed by atoms with Crippen molar-refractivity contribution in [2.24, 2.45) is 0 Å². The number of alkyl halides is 3. The lowest BCUT2D eigenvalue weighted by atomic mass is 9.79. The molecule has 2 heterocycles. The van der Waals surface area contributed by atoms with Gasteiger partial charge in [-0.2, -0.15) is 13.2 Å². The molecule has 10 heteroatoms. The molecule has 0 spiro atoms. The zero-order valence-electron chi connectivity index (χ0n) is 21.5. The maximum atomic E-state index is 13.3. The molecule has 0 saturated heterocycles. The van der Waals surface area contributed by atoms with Crippen LogP contribution in [0.2, 0.25) is 0 Å². The van der Waals surface area contributed by atoms with Gasteiger partial charge in [-0.1, -0.05) is 34.7 Å². The van der Waals surface area contributed by atoms with Gasteiger partial charge in [-0.15, -0.1) is 0 Å². The van der Waals surface area contributed by atoms with Gasteiger partial charge in [0.1, 0.15) is 18.2 Å². The molecule has 0 aliphatic heterocycles. The van der Waals surface area contributed by atoms with Crippen LogP contribution in [0.1, 0.15) is 60.8 Å². The van der Waals surface area contributed by atoms with Crippen molar-refractivity contribution in [2.75, 3.05) is 18.8 Å². The summed E-state index contributed by atoms with van der Waals surface area (Å²) in [5.74, 6) is 6.06. The van der Waals surface area contributed by atoms with Gasteiger partial charge in [-0.05, 0) is 75.9 Å². The Morgan fingerprint density at radius 3 is 2.53 bits per heavy atom. The molecular formula is C28H32F3N5OS. The second-order valence-electron chi connectivity index (χ2n) is 10.2. The zero-order valence-corrected chi connectivity index (χ0v) is 22.3. The number of hydrogen-bond donors (Lipinski definition) is 1. The minimum atomic E-state index is -4.34. The monoisotopic (exact) mass is 543 g/mol. The van der Waals surface area contributed by atoms with E-state index in [1.54, 1.807) is 6.20 Å². The highest BCUT2D eigenvalue weighted by Gasteiger charge is 2.36. The highest BCUT2D eigenvalue weighted by Crippen LogP contribution is 2.45. The summed E-state index contributed by atoms with van der Waals surface area (Å²) in [5.41, 5.74) is 1.16. The Bertz CT molecular complexity index is 1280. The largest absolute Gasteiger partial charge is 0.473 e. The highest BCUT2D eigenvalue weighted by atomic mass is 32.2. The number of likely N-dealkylation sites (N-methyl/N-ethyl adjacent to an activating group) is 1. The zero-order chi connectivity index (χ0) is 26.9. The molecule has 1 aromatic carbocycles. The van der Waals surface area contributed by atoms with E-state index in [-0.39, 0.29) is 18.1 Å². The lowest BCUT2D eigenvalue weighted by Gasteiger charge is -2.39. The molecule has 3 aromatic rings. The smallest absolute Gasteiger partial charge is 0.416 e. The van der Waals surface area contributed by atoms with Crippen LogP contribution in [0, 0.1) is 0 Å². The van der Waals surface area contributed by atoms with E-state index in [4.69, 9.17) is 9.72 Å². The van der Waals surface area contributed by atoms with Crippen molar-refractivity contribution in [1.29, 1.82) is 0 Å². The van der Waals surface area contributed by atoms with Gasteiger partial charge >= 0.3 is 6.18 Å². The molecule has 38 heavy (non-hydrogen) atoms. The van der Waals surface area contributed by atoms with Gasteiger partial charge in [0.2, 0.25) is 5.88 Å². The fourth-order valence-electron chi connectivity index (χ4n) is 5.13. The first-order valence-electron chi connectivity index (χ1n) is 12.8. The Labute approximate surface area is 223 Å². The molecule has 5 rings (SSSR count). The van der Waals surface area contributed by atoms with E-state index < -0.39 is 22.4 Å². The summed E-state index contributed by atoms with van der Waals surface area (Å²) in [4.78, 5) is 16.3. The minimum Gasteiger partial charge on any atom is -0.473 e. The number of rotatable bonds is 8. The fraction of sp³-hybridized carbons (Fsp3) is 0.429. The van der Waals surface area contributed by atoms with Crippen LogP contribution in [0.4, 0.5) is 19.0 Å². The quantitative estimate of drug-likeness (QED) is 0.327. The lowest BCUT2D eigenvalue weighted by molar-refractivity contribution is -0.137. The Hall–Kier alpha value is -2.98. The number of halogens is 3. The predicted octanol–water partition coefficient (Wildman–Crippen LogP) is 6.50. The van der Waals surface area contributed by atoms with Crippen LogP contribution in [0.5, 0.6) is 5.88 Å². The third-order valence-corrected chi connectivity index (χ3v) is 8.61. The first-order chi connectivity index (χ1) is 18.2. The normalized spacial score (nSPS) is 22.7. The molecule has 0 radical (unpaired) electrons. The number of benzene rings is 1. The third kappa shape index (κ3) is 6.18. The maximum Gasteiger partial charge on any atom is 0.416 e. The third-order valence-electron chi connectivity index (χ3n) is 7.28. The molecule has 2 aliphatic rings. The molecule has 6 nitrogen and oxygen atoms in total. The van der Waals surface area contributed by atoms with E-state index in [1.165, 1.54) is 18.5 Å². The van der Waals surface area contributed by atoms with Crippen LogP contribution in [0.15, 0.2) is 59.9 Å². The Morgan fingerprint density at radius 2 is 1.84 bits per heavy atom. The number of nitrogens with one attached hydrogen (secondary N) is 1. The van der Waals surface area contributed by atoms with Gasteiger partial charge in [-0.25, -0.2) is 15.0 Å². The summed E-state index contributed by atoms with van der Waals surface area (Å²) >= 11 is 0. The Balaban J connectivity index is 1.31.